The van der Waals surface area contributed by atoms with Crippen LogP contribution in [0, 0.1) is 0 Å². The average molecular weight is 280 g/mol. The molecule has 1 aliphatic carbocycles. The first-order valence-corrected chi connectivity index (χ1v) is 6.53. The lowest BCUT2D eigenvalue weighted by Gasteiger charge is -2.37. The minimum absolute atomic E-state index is 0.0527. The molecule has 2 aliphatic rings. The number of hydrogen-bond acceptors (Lipinski definition) is 3. The van der Waals surface area contributed by atoms with E-state index in [1.165, 1.54) is 7.05 Å². The number of halogens is 3. The van der Waals surface area contributed by atoms with E-state index in [9.17, 15) is 18.0 Å². The molecule has 0 bridgehead atoms. The van der Waals surface area contributed by atoms with Gasteiger partial charge in [0.25, 0.3) is 0 Å². The Morgan fingerprint density at radius 1 is 1.42 bits per heavy atom. The van der Waals surface area contributed by atoms with Crippen molar-refractivity contribution in [1.82, 2.24) is 9.80 Å². The summed E-state index contributed by atoms with van der Waals surface area (Å²) < 4.78 is 42.3. The molecule has 0 unspecified atom stereocenters. The predicted molar refractivity (Wildman–Crippen MR) is 62.6 cm³/mol. The van der Waals surface area contributed by atoms with E-state index in [0.29, 0.717) is 13.2 Å². The molecular weight excluding hydrogens is 261 g/mol. The summed E-state index contributed by atoms with van der Waals surface area (Å²) in [5.41, 5.74) is 0. The van der Waals surface area contributed by atoms with Crippen LogP contribution in [0.2, 0.25) is 0 Å². The van der Waals surface area contributed by atoms with Gasteiger partial charge in [0.1, 0.15) is 6.54 Å². The van der Waals surface area contributed by atoms with Gasteiger partial charge in [-0.3, -0.25) is 9.69 Å². The first-order chi connectivity index (χ1) is 8.87. The zero-order chi connectivity index (χ0) is 14.0. The first-order valence-electron chi connectivity index (χ1n) is 6.53. The van der Waals surface area contributed by atoms with Gasteiger partial charge < -0.3 is 9.64 Å². The summed E-state index contributed by atoms with van der Waals surface area (Å²) in [5, 5.41) is 0. The monoisotopic (exact) mass is 280 g/mol. The van der Waals surface area contributed by atoms with Crippen LogP contribution in [0.25, 0.3) is 0 Å². The van der Waals surface area contributed by atoms with E-state index >= 15 is 0 Å². The van der Waals surface area contributed by atoms with Gasteiger partial charge in [-0.1, -0.05) is 0 Å². The van der Waals surface area contributed by atoms with E-state index in [2.05, 4.69) is 0 Å². The van der Waals surface area contributed by atoms with Crippen molar-refractivity contribution < 1.29 is 22.7 Å². The number of rotatable bonds is 3. The van der Waals surface area contributed by atoms with E-state index in [0.717, 1.165) is 24.2 Å². The van der Waals surface area contributed by atoms with Crippen molar-refractivity contribution in [1.29, 1.82) is 0 Å². The Balaban J connectivity index is 1.87. The number of morpholine rings is 1. The number of nitrogens with zero attached hydrogens (tertiary/aromatic N) is 2. The number of fused-ring (bicyclic) bond motifs is 1. The summed E-state index contributed by atoms with van der Waals surface area (Å²) in [6, 6.07) is 0.192. The SMILES string of the molecule is CN(CC(F)(F)F)C(=O)CN1CCO[C@@H]2CCC[C@H]21. The molecule has 1 aliphatic heterocycles. The zero-order valence-electron chi connectivity index (χ0n) is 10.9. The molecule has 1 saturated heterocycles. The highest BCUT2D eigenvalue weighted by Crippen LogP contribution is 2.29. The maximum Gasteiger partial charge on any atom is 0.406 e. The Labute approximate surface area is 110 Å². The van der Waals surface area contributed by atoms with Crippen LogP contribution in [0.15, 0.2) is 0 Å². The highest BCUT2D eigenvalue weighted by atomic mass is 19.4. The van der Waals surface area contributed by atoms with Gasteiger partial charge in [-0.25, -0.2) is 0 Å². The molecule has 1 heterocycles. The quantitative estimate of drug-likeness (QED) is 0.780. The van der Waals surface area contributed by atoms with Crippen molar-refractivity contribution in [3.8, 4) is 0 Å². The highest BCUT2D eigenvalue weighted by Gasteiger charge is 2.38. The number of amides is 1. The van der Waals surface area contributed by atoms with Crippen LogP contribution >= 0.6 is 0 Å². The van der Waals surface area contributed by atoms with Crippen LogP contribution in [0.1, 0.15) is 19.3 Å². The third kappa shape index (κ3) is 3.82. The number of carbonyl (C=O) groups excluding carboxylic acids is 1. The topological polar surface area (TPSA) is 32.8 Å². The largest absolute Gasteiger partial charge is 0.406 e. The summed E-state index contributed by atoms with van der Waals surface area (Å²) in [6.07, 6.45) is -1.20. The molecule has 2 rings (SSSR count). The molecule has 1 saturated carbocycles. The van der Waals surface area contributed by atoms with E-state index in [4.69, 9.17) is 4.74 Å². The summed E-state index contributed by atoms with van der Waals surface area (Å²) in [6.45, 7) is 0.0333. The molecule has 2 fully saturated rings. The summed E-state index contributed by atoms with van der Waals surface area (Å²) >= 11 is 0. The van der Waals surface area contributed by atoms with Gasteiger partial charge in [0, 0.05) is 19.6 Å². The number of hydrogen-bond donors (Lipinski definition) is 0. The molecular formula is C12H19F3N2O2. The lowest BCUT2D eigenvalue weighted by molar-refractivity contribution is -0.160. The number of likely N-dealkylation sites (N-methyl/N-ethyl adjacent to an activating group) is 1. The Morgan fingerprint density at radius 2 is 2.16 bits per heavy atom. The first kappa shape index (κ1) is 14.6. The summed E-state index contributed by atoms with van der Waals surface area (Å²) in [5.74, 6) is -0.482. The summed E-state index contributed by atoms with van der Waals surface area (Å²) in [7, 11) is 1.20. The normalized spacial score (nSPS) is 28.2. The van der Waals surface area contributed by atoms with Crippen LogP contribution in [0.3, 0.4) is 0 Å². The van der Waals surface area contributed by atoms with Crippen molar-refractivity contribution in [3.05, 3.63) is 0 Å². The summed E-state index contributed by atoms with van der Waals surface area (Å²) in [4.78, 5) is 14.5. The Hall–Kier alpha value is -0.820. The maximum absolute atomic E-state index is 12.2. The van der Waals surface area contributed by atoms with Crippen molar-refractivity contribution in [2.24, 2.45) is 0 Å². The maximum atomic E-state index is 12.2. The van der Waals surface area contributed by atoms with E-state index < -0.39 is 18.6 Å². The van der Waals surface area contributed by atoms with Crippen molar-refractivity contribution in [2.75, 3.05) is 33.3 Å². The smallest absolute Gasteiger partial charge is 0.375 e. The standard InChI is InChI=1S/C12H19F3N2O2/c1-16(8-12(13,14)15)11(18)7-17-5-6-19-10-4-2-3-9(10)17/h9-10H,2-8H2,1H3/t9-,10-/m1/s1. The van der Waals surface area contributed by atoms with Gasteiger partial charge in [-0.05, 0) is 19.3 Å². The molecule has 7 heteroatoms. The molecule has 110 valence electrons. The number of alkyl halides is 3. The molecule has 0 spiro atoms. The van der Waals surface area contributed by atoms with Gasteiger partial charge in [0.2, 0.25) is 5.91 Å². The van der Waals surface area contributed by atoms with Crippen LogP contribution < -0.4 is 0 Å². The molecule has 0 radical (unpaired) electrons. The molecule has 0 aromatic rings. The molecule has 1 amide bonds. The van der Waals surface area contributed by atoms with Gasteiger partial charge in [0.05, 0.1) is 19.3 Å². The fourth-order valence-electron chi connectivity index (χ4n) is 2.85. The number of ether oxygens (including phenoxy) is 1. The average Bonchev–Trinajstić information content (AvgIpc) is 2.75. The van der Waals surface area contributed by atoms with Crippen LogP contribution in [-0.2, 0) is 9.53 Å². The zero-order valence-corrected chi connectivity index (χ0v) is 10.9. The Morgan fingerprint density at radius 3 is 2.84 bits per heavy atom. The minimum Gasteiger partial charge on any atom is -0.375 e. The lowest BCUT2D eigenvalue weighted by Crippen LogP contribution is -2.52. The molecule has 0 aromatic carbocycles. The minimum atomic E-state index is -4.34. The highest BCUT2D eigenvalue weighted by molar-refractivity contribution is 5.78. The van der Waals surface area contributed by atoms with Crippen molar-refractivity contribution in [3.63, 3.8) is 0 Å². The van der Waals surface area contributed by atoms with Crippen LogP contribution in [0.5, 0.6) is 0 Å². The molecule has 4 nitrogen and oxygen atoms in total. The van der Waals surface area contributed by atoms with Crippen LogP contribution in [-0.4, -0.2) is 67.3 Å². The Bertz CT molecular complexity index is 335. The van der Waals surface area contributed by atoms with Crippen molar-refractivity contribution >= 4 is 5.91 Å². The number of carbonyl (C=O) groups is 1. The molecule has 2 atom stereocenters. The van der Waals surface area contributed by atoms with Crippen molar-refractivity contribution in [2.45, 2.75) is 37.6 Å². The van der Waals surface area contributed by atoms with Gasteiger partial charge in [-0.15, -0.1) is 0 Å². The van der Waals surface area contributed by atoms with Gasteiger partial charge in [-0.2, -0.15) is 13.2 Å². The van der Waals surface area contributed by atoms with Crippen LogP contribution in [0.4, 0.5) is 13.2 Å². The van der Waals surface area contributed by atoms with E-state index in [1.807, 2.05) is 4.90 Å². The molecule has 0 N–H and O–H groups in total. The lowest BCUT2D eigenvalue weighted by atomic mass is 10.1. The third-order valence-electron chi connectivity index (χ3n) is 3.78. The second-order valence-electron chi connectivity index (χ2n) is 5.24. The molecule has 19 heavy (non-hydrogen) atoms. The Kier molecular flexibility index (Phi) is 4.35. The predicted octanol–water partition coefficient (Wildman–Crippen LogP) is 1.26. The molecule has 0 aromatic heterocycles. The second kappa shape index (κ2) is 5.66. The van der Waals surface area contributed by atoms with E-state index in [-0.39, 0.29) is 18.7 Å². The second-order valence-corrected chi connectivity index (χ2v) is 5.24. The van der Waals surface area contributed by atoms with E-state index in [1.54, 1.807) is 0 Å². The third-order valence-corrected chi connectivity index (χ3v) is 3.78. The fourth-order valence-corrected chi connectivity index (χ4v) is 2.85. The fraction of sp³-hybridized carbons (Fsp3) is 0.917. The van der Waals surface area contributed by atoms with Gasteiger partial charge >= 0.3 is 6.18 Å². The van der Waals surface area contributed by atoms with Gasteiger partial charge in [0.15, 0.2) is 0 Å².